The van der Waals surface area contributed by atoms with Crippen LogP contribution in [0.1, 0.15) is 18.5 Å². The molecule has 1 aromatic carbocycles. The van der Waals surface area contributed by atoms with Crippen LogP contribution in [-0.2, 0) is 0 Å². The molecule has 1 aromatic heterocycles. The summed E-state index contributed by atoms with van der Waals surface area (Å²) in [5.41, 5.74) is 0.797. The van der Waals surface area contributed by atoms with Gasteiger partial charge in [0.1, 0.15) is 0 Å². The predicted molar refractivity (Wildman–Crippen MR) is 80.9 cm³/mol. The Morgan fingerprint density at radius 1 is 1.38 bits per heavy atom. The van der Waals surface area contributed by atoms with E-state index in [0.717, 1.165) is 5.56 Å². The van der Waals surface area contributed by atoms with E-state index in [1.807, 2.05) is 19.1 Å². The molecule has 110 valence electrons. The Morgan fingerprint density at radius 3 is 2.76 bits per heavy atom. The van der Waals surface area contributed by atoms with Crippen molar-refractivity contribution in [2.24, 2.45) is 0 Å². The molecule has 0 bridgehead atoms. The first-order chi connectivity index (χ1) is 10.0. The fourth-order valence-corrected chi connectivity index (χ4v) is 2.06. The molecule has 1 heterocycles. The van der Waals surface area contributed by atoms with E-state index in [0.29, 0.717) is 10.9 Å². The number of benzene rings is 1. The lowest BCUT2D eigenvalue weighted by molar-refractivity contribution is -0.384. The van der Waals surface area contributed by atoms with Gasteiger partial charge in [-0.25, -0.2) is 0 Å². The van der Waals surface area contributed by atoms with Crippen molar-refractivity contribution in [2.45, 2.75) is 13.0 Å². The molecule has 0 aliphatic carbocycles. The second-order valence-corrected chi connectivity index (χ2v) is 4.84. The number of anilines is 1. The van der Waals surface area contributed by atoms with E-state index in [9.17, 15) is 10.1 Å². The lowest BCUT2D eigenvalue weighted by Gasteiger charge is -2.15. The van der Waals surface area contributed by atoms with Crippen molar-refractivity contribution in [2.75, 3.05) is 12.4 Å². The lowest BCUT2D eigenvalue weighted by atomic mass is 10.1. The number of aromatic nitrogens is 1. The molecule has 0 aliphatic heterocycles. The predicted octanol–water partition coefficient (Wildman–Crippen LogP) is 3.82. The van der Waals surface area contributed by atoms with Crippen LogP contribution in [-0.4, -0.2) is 17.0 Å². The van der Waals surface area contributed by atoms with Crippen molar-refractivity contribution >= 4 is 23.1 Å². The van der Waals surface area contributed by atoms with Gasteiger partial charge in [-0.1, -0.05) is 23.7 Å². The maximum Gasteiger partial charge on any atom is 0.311 e. The number of halogens is 1. The summed E-state index contributed by atoms with van der Waals surface area (Å²) in [4.78, 5) is 14.7. The second-order valence-electron chi connectivity index (χ2n) is 4.40. The zero-order chi connectivity index (χ0) is 15.4. The zero-order valence-electron chi connectivity index (χ0n) is 11.5. The number of ether oxygens (including phenoxy) is 1. The molecule has 2 rings (SSSR count). The number of hydrogen-bond acceptors (Lipinski definition) is 5. The Hall–Kier alpha value is -2.34. The van der Waals surface area contributed by atoms with Gasteiger partial charge in [0, 0.05) is 17.2 Å². The highest BCUT2D eigenvalue weighted by Crippen LogP contribution is 2.29. The van der Waals surface area contributed by atoms with Crippen LogP contribution in [0.3, 0.4) is 0 Å². The fourth-order valence-electron chi connectivity index (χ4n) is 1.87. The van der Waals surface area contributed by atoms with E-state index in [2.05, 4.69) is 10.3 Å². The molecule has 0 saturated heterocycles. The molecule has 6 nitrogen and oxygen atoms in total. The van der Waals surface area contributed by atoms with Gasteiger partial charge in [0.25, 0.3) is 0 Å². The summed E-state index contributed by atoms with van der Waals surface area (Å²) >= 11 is 5.95. The molecular weight excluding hydrogens is 294 g/mol. The van der Waals surface area contributed by atoms with Crippen LogP contribution in [0.25, 0.3) is 0 Å². The van der Waals surface area contributed by atoms with E-state index >= 15 is 0 Å². The van der Waals surface area contributed by atoms with Crippen LogP contribution in [0.2, 0.25) is 5.02 Å². The van der Waals surface area contributed by atoms with Crippen molar-refractivity contribution < 1.29 is 9.66 Å². The number of nitrogens with one attached hydrogen (secondary N) is 1. The molecule has 0 radical (unpaired) electrons. The normalized spacial score (nSPS) is 11.8. The molecule has 7 heteroatoms. The lowest BCUT2D eigenvalue weighted by Crippen LogP contribution is -2.10. The highest BCUT2D eigenvalue weighted by molar-refractivity contribution is 6.30. The smallest absolute Gasteiger partial charge is 0.311 e. The van der Waals surface area contributed by atoms with Gasteiger partial charge in [0.2, 0.25) is 11.7 Å². The summed E-state index contributed by atoms with van der Waals surface area (Å²) in [5.74, 6) is 0.466. The molecule has 21 heavy (non-hydrogen) atoms. The van der Waals surface area contributed by atoms with Crippen molar-refractivity contribution in [3.05, 3.63) is 57.1 Å². The monoisotopic (exact) mass is 307 g/mol. The largest absolute Gasteiger partial charge is 0.481 e. The zero-order valence-corrected chi connectivity index (χ0v) is 12.3. The van der Waals surface area contributed by atoms with Crippen LogP contribution in [0, 0.1) is 10.1 Å². The maximum atomic E-state index is 11.1. The number of nitrogens with zero attached hydrogens (tertiary/aromatic N) is 2. The summed E-state index contributed by atoms with van der Waals surface area (Å²) < 4.78 is 5.00. The van der Waals surface area contributed by atoms with Gasteiger partial charge in [-0.05, 0) is 24.6 Å². The van der Waals surface area contributed by atoms with E-state index in [1.54, 1.807) is 12.1 Å². The molecule has 1 N–H and O–H groups in total. The summed E-state index contributed by atoms with van der Waals surface area (Å²) in [6, 6.07) is 9.89. The van der Waals surface area contributed by atoms with E-state index in [4.69, 9.17) is 16.3 Å². The van der Waals surface area contributed by atoms with Crippen LogP contribution in [0.15, 0.2) is 36.4 Å². The minimum Gasteiger partial charge on any atom is -0.481 e. The van der Waals surface area contributed by atoms with Crippen molar-refractivity contribution in [1.82, 2.24) is 4.98 Å². The molecule has 0 aliphatic rings. The molecule has 0 saturated carbocycles. The Morgan fingerprint density at radius 2 is 2.14 bits per heavy atom. The Balaban J connectivity index is 2.31. The minimum atomic E-state index is -0.487. The highest BCUT2D eigenvalue weighted by Gasteiger charge is 2.18. The van der Waals surface area contributed by atoms with E-state index in [1.165, 1.54) is 19.2 Å². The maximum absolute atomic E-state index is 11.1. The molecule has 1 unspecified atom stereocenters. The molecule has 0 fully saturated rings. The summed E-state index contributed by atoms with van der Waals surface area (Å²) in [6.07, 6.45) is 0. The van der Waals surface area contributed by atoms with Gasteiger partial charge in [0.15, 0.2) is 0 Å². The fraction of sp³-hybridized carbons (Fsp3) is 0.214. The second kappa shape index (κ2) is 6.41. The number of rotatable bonds is 5. The van der Waals surface area contributed by atoms with Crippen LogP contribution >= 0.6 is 11.6 Å². The molecular formula is C14H14ClN3O3. The van der Waals surface area contributed by atoms with E-state index in [-0.39, 0.29) is 17.5 Å². The first-order valence-corrected chi connectivity index (χ1v) is 6.60. The Bertz CT molecular complexity index is 664. The topological polar surface area (TPSA) is 77.3 Å². The summed E-state index contributed by atoms with van der Waals surface area (Å²) in [6.45, 7) is 1.87. The third kappa shape index (κ3) is 3.61. The van der Waals surface area contributed by atoms with Gasteiger partial charge in [-0.3, -0.25) is 10.1 Å². The first kappa shape index (κ1) is 15.1. The third-order valence-electron chi connectivity index (χ3n) is 2.96. The SMILES string of the molecule is COc1ccc([N+](=O)[O-])c(NC(C)c2cccc(Cl)c2)n1. The van der Waals surface area contributed by atoms with Crippen molar-refractivity contribution in [3.8, 4) is 5.88 Å². The summed E-state index contributed by atoms with van der Waals surface area (Å²) in [5, 5.41) is 14.7. The molecule has 2 aromatic rings. The number of methoxy groups -OCH3 is 1. The highest BCUT2D eigenvalue weighted by atomic mass is 35.5. The average molecular weight is 308 g/mol. The average Bonchev–Trinajstić information content (AvgIpc) is 2.46. The standard InChI is InChI=1S/C14H14ClN3O3/c1-9(10-4-3-5-11(15)8-10)16-14-12(18(19)20)6-7-13(17-14)21-2/h3-9H,1-2H3,(H,16,17). The summed E-state index contributed by atoms with van der Waals surface area (Å²) in [7, 11) is 1.46. The minimum absolute atomic E-state index is 0.107. The number of nitro groups is 1. The van der Waals surface area contributed by atoms with Gasteiger partial charge in [-0.15, -0.1) is 0 Å². The van der Waals surface area contributed by atoms with Crippen molar-refractivity contribution in [3.63, 3.8) is 0 Å². The quantitative estimate of drug-likeness (QED) is 0.671. The Kier molecular flexibility index (Phi) is 4.59. The molecule has 0 spiro atoms. The third-order valence-corrected chi connectivity index (χ3v) is 3.19. The molecule has 0 amide bonds. The van der Waals surface area contributed by atoms with E-state index < -0.39 is 4.92 Å². The number of hydrogen-bond donors (Lipinski definition) is 1. The first-order valence-electron chi connectivity index (χ1n) is 6.22. The van der Waals surface area contributed by atoms with Crippen LogP contribution < -0.4 is 10.1 Å². The van der Waals surface area contributed by atoms with Gasteiger partial charge < -0.3 is 10.1 Å². The Labute approximate surface area is 126 Å². The van der Waals surface area contributed by atoms with Gasteiger partial charge in [0.05, 0.1) is 18.1 Å². The van der Waals surface area contributed by atoms with Crippen LogP contribution in [0.4, 0.5) is 11.5 Å². The van der Waals surface area contributed by atoms with Gasteiger partial charge in [-0.2, -0.15) is 4.98 Å². The van der Waals surface area contributed by atoms with Crippen LogP contribution in [0.5, 0.6) is 5.88 Å². The molecule has 1 atom stereocenters. The van der Waals surface area contributed by atoms with Gasteiger partial charge >= 0.3 is 5.69 Å². The van der Waals surface area contributed by atoms with Crippen molar-refractivity contribution in [1.29, 1.82) is 0 Å². The number of pyridine rings is 1.